The van der Waals surface area contributed by atoms with E-state index in [0.29, 0.717) is 18.8 Å². The Hall–Kier alpha value is -2.34. The molecule has 4 rings (SSSR count). The number of aryl methyl sites for hydroxylation is 2. The lowest BCUT2D eigenvalue weighted by Crippen LogP contribution is -2.53. The van der Waals surface area contributed by atoms with Crippen LogP contribution in [0.25, 0.3) is 0 Å². The van der Waals surface area contributed by atoms with Gasteiger partial charge in [-0.15, -0.1) is 0 Å². The van der Waals surface area contributed by atoms with Gasteiger partial charge in [0.2, 0.25) is 0 Å². The number of likely N-dealkylation sites (tertiary alicyclic amines) is 1. The Morgan fingerprint density at radius 1 is 1.19 bits per heavy atom. The average Bonchev–Trinajstić information content (AvgIpc) is 2.97. The van der Waals surface area contributed by atoms with Crippen LogP contribution in [0.15, 0.2) is 30.5 Å². The van der Waals surface area contributed by atoms with E-state index in [1.54, 1.807) is 16.9 Å². The van der Waals surface area contributed by atoms with E-state index in [9.17, 15) is 4.79 Å². The van der Waals surface area contributed by atoms with E-state index in [0.717, 1.165) is 37.2 Å². The van der Waals surface area contributed by atoms with Crippen LogP contribution < -0.4 is 4.74 Å². The number of aromatic nitrogens is 2. The maximum absolute atomic E-state index is 13.2. The molecular formula is C20H26N4O2. The summed E-state index contributed by atoms with van der Waals surface area (Å²) in [7, 11) is 3.95. The van der Waals surface area contributed by atoms with Crippen molar-refractivity contribution in [2.24, 2.45) is 7.05 Å². The Bertz CT molecular complexity index is 821. The van der Waals surface area contributed by atoms with Crippen molar-refractivity contribution in [1.82, 2.24) is 19.6 Å². The maximum Gasteiger partial charge on any atom is 0.272 e. The van der Waals surface area contributed by atoms with Gasteiger partial charge in [-0.3, -0.25) is 9.48 Å². The zero-order valence-electron chi connectivity index (χ0n) is 15.7. The number of benzene rings is 1. The summed E-state index contributed by atoms with van der Waals surface area (Å²) in [6, 6.07) is 8.06. The predicted octanol–water partition coefficient (Wildman–Crippen LogP) is 2.23. The van der Waals surface area contributed by atoms with Gasteiger partial charge >= 0.3 is 0 Å². The second-order valence-electron chi connectivity index (χ2n) is 7.70. The summed E-state index contributed by atoms with van der Waals surface area (Å²) in [5, 5.41) is 4.16. The first-order chi connectivity index (χ1) is 12.5. The topological polar surface area (TPSA) is 50.6 Å². The summed E-state index contributed by atoms with van der Waals surface area (Å²) in [5.74, 6) is 0.932. The number of nitrogens with zero attached hydrogens (tertiary/aromatic N) is 4. The zero-order valence-corrected chi connectivity index (χ0v) is 15.7. The third kappa shape index (κ3) is 3.09. The molecule has 138 valence electrons. The Kier molecular flexibility index (Phi) is 4.23. The molecule has 0 atom stereocenters. The third-order valence-corrected chi connectivity index (χ3v) is 5.61. The van der Waals surface area contributed by atoms with Crippen molar-refractivity contribution in [1.29, 1.82) is 0 Å². The monoisotopic (exact) mass is 354 g/mol. The number of ether oxygens (including phenoxy) is 1. The molecule has 0 N–H and O–H groups in total. The van der Waals surface area contributed by atoms with Crippen molar-refractivity contribution in [3.05, 3.63) is 47.3 Å². The molecule has 0 aliphatic carbocycles. The molecule has 0 bridgehead atoms. The molecule has 6 heteroatoms. The van der Waals surface area contributed by atoms with Crippen molar-refractivity contribution in [3.8, 4) is 5.75 Å². The van der Waals surface area contributed by atoms with Gasteiger partial charge in [0.05, 0.1) is 6.54 Å². The Labute approximate surface area is 154 Å². The third-order valence-electron chi connectivity index (χ3n) is 5.61. The minimum absolute atomic E-state index is 0.0151. The number of rotatable bonds is 1. The standard InChI is InChI=1S/C20H26N4O2/c1-15-4-5-18-16(12-15)13-24(19(25)17-6-9-21-23(17)3)14-20(26-18)7-10-22(2)11-8-20/h4-6,9,12H,7-8,10-11,13-14H2,1-3H3. The zero-order chi connectivity index (χ0) is 18.3. The van der Waals surface area contributed by atoms with Crippen LogP contribution in [-0.2, 0) is 13.6 Å². The fourth-order valence-corrected chi connectivity index (χ4v) is 3.98. The summed E-state index contributed by atoms with van der Waals surface area (Å²) in [6.07, 6.45) is 3.52. The molecule has 26 heavy (non-hydrogen) atoms. The number of hydrogen-bond donors (Lipinski definition) is 0. The first-order valence-corrected chi connectivity index (χ1v) is 9.20. The first kappa shape index (κ1) is 17.1. The smallest absolute Gasteiger partial charge is 0.272 e. The number of piperidine rings is 1. The molecule has 0 unspecified atom stereocenters. The van der Waals surface area contributed by atoms with Crippen LogP contribution >= 0.6 is 0 Å². The van der Waals surface area contributed by atoms with Crippen LogP contribution in [0.3, 0.4) is 0 Å². The number of carbonyl (C=O) groups is 1. The fourth-order valence-electron chi connectivity index (χ4n) is 3.98. The van der Waals surface area contributed by atoms with Gasteiger partial charge in [0.15, 0.2) is 0 Å². The van der Waals surface area contributed by atoms with E-state index in [-0.39, 0.29) is 11.5 Å². The highest BCUT2D eigenvalue weighted by molar-refractivity contribution is 5.92. The normalized spacial score (nSPS) is 19.7. The maximum atomic E-state index is 13.2. The molecule has 0 saturated carbocycles. The molecule has 1 amide bonds. The van der Waals surface area contributed by atoms with E-state index >= 15 is 0 Å². The lowest BCUT2D eigenvalue weighted by atomic mass is 9.90. The van der Waals surface area contributed by atoms with Crippen LogP contribution in [-0.4, -0.2) is 57.8 Å². The second-order valence-corrected chi connectivity index (χ2v) is 7.70. The van der Waals surface area contributed by atoms with Gasteiger partial charge in [-0.1, -0.05) is 17.7 Å². The molecule has 6 nitrogen and oxygen atoms in total. The lowest BCUT2D eigenvalue weighted by molar-refractivity contribution is -0.0105. The number of fused-ring (bicyclic) bond motifs is 1. The van der Waals surface area contributed by atoms with Crippen molar-refractivity contribution in [3.63, 3.8) is 0 Å². The van der Waals surface area contributed by atoms with E-state index in [1.165, 1.54) is 5.56 Å². The molecule has 2 aromatic rings. The summed E-state index contributed by atoms with van der Waals surface area (Å²) in [4.78, 5) is 17.5. The Morgan fingerprint density at radius 3 is 2.65 bits per heavy atom. The molecule has 2 aliphatic rings. The van der Waals surface area contributed by atoms with Gasteiger partial charge in [0, 0.05) is 51.3 Å². The molecule has 1 aromatic heterocycles. The number of carbonyl (C=O) groups excluding carboxylic acids is 1. The SMILES string of the molecule is Cc1ccc2c(c1)CN(C(=O)c1ccnn1C)CC1(CCN(C)CC1)O2. The molecule has 1 aromatic carbocycles. The lowest BCUT2D eigenvalue weighted by Gasteiger charge is -2.41. The summed E-state index contributed by atoms with van der Waals surface area (Å²) < 4.78 is 8.22. The fraction of sp³-hybridized carbons (Fsp3) is 0.500. The molecule has 1 saturated heterocycles. The largest absolute Gasteiger partial charge is 0.485 e. The van der Waals surface area contributed by atoms with Crippen LogP contribution in [0.2, 0.25) is 0 Å². The predicted molar refractivity (Wildman–Crippen MR) is 99.2 cm³/mol. The summed E-state index contributed by atoms with van der Waals surface area (Å²) in [6.45, 7) is 5.21. The highest BCUT2D eigenvalue weighted by Gasteiger charge is 2.41. The molecule has 1 spiro atoms. The van der Waals surface area contributed by atoms with Crippen molar-refractivity contribution in [2.45, 2.75) is 31.9 Å². The average molecular weight is 354 g/mol. The van der Waals surface area contributed by atoms with Crippen molar-refractivity contribution < 1.29 is 9.53 Å². The van der Waals surface area contributed by atoms with E-state index in [4.69, 9.17) is 4.74 Å². The van der Waals surface area contributed by atoms with Gasteiger partial charge < -0.3 is 14.5 Å². The van der Waals surface area contributed by atoms with E-state index in [1.807, 2.05) is 11.9 Å². The van der Waals surface area contributed by atoms with Gasteiger partial charge in [-0.25, -0.2) is 0 Å². The van der Waals surface area contributed by atoms with Gasteiger partial charge in [-0.2, -0.15) is 5.10 Å². The van der Waals surface area contributed by atoms with Crippen LogP contribution in [0.5, 0.6) is 5.75 Å². The minimum Gasteiger partial charge on any atom is -0.485 e. The molecule has 0 radical (unpaired) electrons. The molecular weight excluding hydrogens is 328 g/mol. The molecule has 2 aliphatic heterocycles. The van der Waals surface area contributed by atoms with E-state index < -0.39 is 0 Å². The quantitative estimate of drug-likeness (QED) is 0.788. The summed E-state index contributed by atoms with van der Waals surface area (Å²) in [5.41, 5.74) is 2.56. The first-order valence-electron chi connectivity index (χ1n) is 9.20. The highest BCUT2D eigenvalue weighted by atomic mass is 16.5. The highest BCUT2D eigenvalue weighted by Crippen LogP contribution is 2.36. The molecule has 1 fully saturated rings. The van der Waals surface area contributed by atoms with Gasteiger partial charge in [-0.05, 0) is 26.1 Å². The van der Waals surface area contributed by atoms with Gasteiger partial charge in [0.1, 0.15) is 17.0 Å². The Morgan fingerprint density at radius 2 is 1.96 bits per heavy atom. The van der Waals surface area contributed by atoms with E-state index in [2.05, 4.69) is 42.2 Å². The second kappa shape index (κ2) is 6.43. The van der Waals surface area contributed by atoms with Crippen LogP contribution in [0.4, 0.5) is 0 Å². The van der Waals surface area contributed by atoms with Gasteiger partial charge in [0.25, 0.3) is 5.91 Å². The minimum atomic E-state index is -0.318. The van der Waals surface area contributed by atoms with Crippen LogP contribution in [0.1, 0.15) is 34.5 Å². The Balaban J connectivity index is 1.72. The summed E-state index contributed by atoms with van der Waals surface area (Å²) >= 11 is 0. The number of amides is 1. The van der Waals surface area contributed by atoms with Crippen molar-refractivity contribution in [2.75, 3.05) is 26.7 Å². The molecule has 3 heterocycles. The van der Waals surface area contributed by atoms with Crippen LogP contribution in [0, 0.1) is 6.92 Å². The number of hydrogen-bond acceptors (Lipinski definition) is 4. The van der Waals surface area contributed by atoms with Crippen molar-refractivity contribution >= 4 is 5.91 Å².